The van der Waals surface area contributed by atoms with Gasteiger partial charge in [0.25, 0.3) is 0 Å². The fraction of sp³-hybridized carbons (Fsp3) is 0. The quantitative estimate of drug-likeness (QED) is 0.140. The molecule has 1 N–H and O–H groups in total. The zero-order valence-corrected chi connectivity index (χ0v) is 62.7. The standard InChI is InChI=1S/C52H34N2S.C28H19NS.C24H16ClN/c1-2-14-40(15-3-1)54-47-20-8-6-16-44(47)45-19-10-18-43(52(45)54)37-28-32-42(33-29-37)53(48-21-11-23-50-51(48)46-17-7-9-22-49(46)55-50)41-30-26-36(27-31-41)39-25-24-35-12-4-5-13-38(35)34-39;1-2-7-21-18-22(13-12-19(21)6-1)20-14-16-23(17-15-20)29-25-9-5-11-27-28(25)24-8-3-4-10-26(24)30-27;25-18-15-13-17(14-16-18)20-10-6-11-22-21-9-4-5-12-23(21)26(24(20)22)19-7-2-1-3-8-19/h1-34H;1-18,29H;1-16H. The molecule has 0 aliphatic heterocycles. The second kappa shape index (κ2) is 28.9. The summed E-state index contributed by atoms with van der Waals surface area (Å²) in [5.41, 5.74) is 22.5. The van der Waals surface area contributed by atoms with Gasteiger partial charge in [-0.3, -0.25) is 0 Å². The average molecular weight is 1470 g/mol. The number of aromatic nitrogens is 2. The van der Waals surface area contributed by atoms with Gasteiger partial charge in [-0.05, 0) is 188 Å². The van der Waals surface area contributed by atoms with Gasteiger partial charge in [0.05, 0.1) is 27.8 Å². The Morgan fingerprint density at radius 2 is 0.640 bits per heavy atom. The Kier molecular flexibility index (Phi) is 17.4. The molecule has 0 unspecified atom stereocenters. The first-order chi connectivity index (χ1) is 55.0. The predicted octanol–water partition coefficient (Wildman–Crippen LogP) is 30.8. The van der Waals surface area contributed by atoms with E-state index >= 15 is 0 Å². The minimum absolute atomic E-state index is 0.754. The number of hydrogen-bond donors (Lipinski definition) is 1. The number of para-hydroxylation sites is 6. The summed E-state index contributed by atoms with van der Waals surface area (Å²) in [6, 6.07) is 148. The van der Waals surface area contributed by atoms with Crippen LogP contribution in [0.25, 0.3) is 161 Å². The van der Waals surface area contributed by atoms with Crippen LogP contribution in [0.2, 0.25) is 5.02 Å². The number of halogens is 1. The first kappa shape index (κ1) is 66.8. The van der Waals surface area contributed by atoms with Crippen LogP contribution in [-0.4, -0.2) is 9.13 Å². The van der Waals surface area contributed by atoms with Crippen LogP contribution >= 0.6 is 34.3 Å². The molecule has 0 bridgehead atoms. The van der Waals surface area contributed by atoms with Gasteiger partial charge >= 0.3 is 0 Å². The van der Waals surface area contributed by atoms with Gasteiger partial charge in [-0.15, -0.1) is 22.7 Å². The molecule has 0 amide bonds. The van der Waals surface area contributed by atoms with Crippen LogP contribution in [0, 0.1) is 0 Å². The van der Waals surface area contributed by atoms with E-state index in [1.807, 2.05) is 34.8 Å². The molecule has 0 spiro atoms. The van der Waals surface area contributed by atoms with Crippen LogP contribution in [0.15, 0.2) is 413 Å². The highest BCUT2D eigenvalue weighted by Crippen LogP contribution is 2.48. The number of benzene rings is 18. The average Bonchev–Trinajstić information content (AvgIpc) is 1.62. The van der Waals surface area contributed by atoms with E-state index in [-0.39, 0.29) is 0 Å². The highest BCUT2D eigenvalue weighted by Gasteiger charge is 2.22. The number of fused-ring (bicyclic) bond motifs is 14. The molecule has 7 heteroatoms. The van der Waals surface area contributed by atoms with Crippen molar-refractivity contribution in [1.82, 2.24) is 9.13 Å². The van der Waals surface area contributed by atoms with Gasteiger partial charge in [0.2, 0.25) is 0 Å². The molecule has 22 aromatic rings. The lowest BCUT2D eigenvalue weighted by molar-refractivity contribution is 1.18. The van der Waals surface area contributed by atoms with Crippen molar-refractivity contribution >= 4 is 168 Å². The molecule has 4 aromatic heterocycles. The van der Waals surface area contributed by atoms with Crippen molar-refractivity contribution in [3.8, 4) is 55.9 Å². The van der Waals surface area contributed by atoms with E-state index in [4.69, 9.17) is 11.6 Å². The van der Waals surface area contributed by atoms with Gasteiger partial charge in [-0.1, -0.05) is 291 Å². The number of nitrogens with one attached hydrogen (secondary N) is 1. The molecule has 22 rings (SSSR count). The molecule has 0 saturated heterocycles. The molecule has 111 heavy (non-hydrogen) atoms. The topological polar surface area (TPSA) is 25.1 Å². The summed E-state index contributed by atoms with van der Waals surface area (Å²) < 4.78 is 10.00. The summed E-state index contributed by atoms with van der Waals surface area (Å²) >= 11 is 9.81. The Hall–Kier alpha value is -13.6. The SMILES string of the molecule is Clc1ccc(-c2cccc3c4ccccc4n(-c4ccccc4)c23)cc1.c1ccc(-n2c3ccccc3c3cccc(-c4ccc(N(c5ccc(-c6ccc7ccccc7c6)cc5)c5cccc6sc7ccccc7c56)cc4)c32)cc1.c1ccc2cc(-c3ccc(Nc4cccc5sc6ccccc6c45)cc3)ccc2c1. The molecular weight excluding hydrogens is 1400 g/mol. The first-order valence-electron chi connectivity index (χ1n) is 37.5. The Balaban J connectivity index is 0.000000120. The highest BCUT2D eigenvalue weighted by atomic mass is 35.5. The Labute approximate surface area is 656 Å². The van der Waals surface area contributed by atoms with E-state index in [0.29, 0.717) is 0 Å². The van der Waals surface area contributed by atoms with Crippen LogP contribution in [0.5, 0.6) is 0 Å². The lowest BCUT2D eigenvalue weighted by atomic mass is 10.00. The summed E-state index contributed by atoms with van der Waals surface area (Å²) in [4.78, 5) is 2.43. The molecule has 18 aromatic carbocycles. The molecule has 0 saturated carbocycles. The molecule has 4 nitrogen and oxygen atoms in total. The third-order valence-corrected chi connectivity index (χ3v) is 24.0. The number of rotatable bonds is 11. The van der Waals surface area contributed by atoms with E-state index in [1.54, 1.807) is 0 Å². The lowest BCUT2D eigenvalue weighted by Crippen LogP contribution is -2.10. The Bertz CT molecular complexity index is 7220. The minimum Gasteiger partial charge on any atom is -0.355 e. The zero-order chi connectivity index (χ0) is 73.7. The van der Waals surface area contributed by atoms with Crippen molar-refractivity contribution in [3.63, 3.8) is 0 Å². The Morgan fingerprint density at radius 3 is 1.16 bits per heavy atom. The third kappa shape index (κ3) is 12.5. The first-order valence-corrected chi connectivity index (χ1v) is 39.6. The normalized spacial score (nSPS) is 11.5. The van der Waals surface area contributed by atoms with Gasteiger partial charge in [0.15, 0.2) is 0 Å². The lowest BCUT2D eigenvalue weighted by Gasteiger charge is -2.27. The summed E-state index contributed by atoms with van der Waals surface area (Å²) in [5, 5.41) is 19.7. The fourth-order valence-corrected chi connectivity index (χ4v) is 18.7. The second-order valence-electron chi connectivity index (χ2n) is 28.1. The number of anilines is 5. The van der Waals surface area contributed by atoms with Crippen molar-refractivity contribution in [3.05, 3.63) is 418 Å². The summed E-state index contributed by atoms with van der Waals surface area (Å²) in [5.74, 6) is 0. The van der Waals surface area contributed by atoms with Crippen LogP contribution in [0.4, 0.5) is 28.4 Å². The van der Waals surface area contributed by atoms with E-state index in [9.17, 15) is 0 Å². The van der Waals surface area contributed by atoms with Crippen molar-refractivity contribution in [2.75, 3.05) is 10.2 Å². The maximum atomic E-state index is 6.10. The van der Waals surface area contributed by atoms with Crippen molar-refractivity contribution in [2.24, 2.45) is 0 Å². The van der Waals surface area contributed by atoms with Crippen LogP contribution in [0.1, 0.15) is 0 Å². The zero-order valence-electron chi connectivity index (χ0n) is 60.3. The van der Waals surface area contributed by atoms with Crippen LogP contribution in [-0.2, 0) is 0 Å². The van der Waals surface area contributed by atoms with Crippen LogP contribution in [0.3, 0.4) is 0 Å². The van der Waals surface area contributed by atoms with Crippen molar-refractivity contribution in [1.29, 1.82) is 0 Å². The van der Waals surface area contributed by atoms with E-state index < -0.39 is 0 Å². The summed E-state index contributed by atoms with van der Waals surface area (Å²) in [6.07, 6.45) is 0. The third-order valence-electron chi connectivity index (χ3n) is 21.5. The van der Waals surface area contributed by atoms with E-state index in [1.165, 1.54) is 161 Å². The fourth-order valence-electron chi connectivity index (χ4n) is 16.3. The smallest absolute Gasteiger partial charge is 0.0619 e. The molecule has 4 heterocycles. The maximum absolute atomic E-state index is 6.10. The van der Waals surface area contributed by atoms with Crippen molar-refractivity contribution < 1.29 is 0 Å². The van der Waals surface area contributed by atoms with Gasteiger partial charge in [0.1, 0.15) is 0 Å². The summed E-state index contributed by atoms with van der Waals surface area (Å²) in [7, 11) is 0. The molecule has 0 aliphatic carbocycles. The van der Waals surface area contributed by atoms with Gasteiger partial charge < -0.3 is 19.4 Å². The van der Waals surface area contributed by atoms with Gasteiger partial charge in [-0.2, -0.15) is 0 Å². The number of thiophene rings is 2. The molecular formula is C104H69ClN4S2. The second-order valence-corrected chi connectivity index (χ2v) is 30.7. The minimum atomic E-state index is 0.754. The van der Waals surface area contributed by atoms with E-state index in [0.717, 1.165) is 33.5 Å². The monoisotopic (exact) mass is 1470 g/mol. The largest absolute Gasteiger partial charge is 0.355 e. The highest BCUT2D eigenvalue weighted by molar-refractivity contribution is 7.26. The van der Waals surface area contributed by atoms with Gasteiger partial charge in [-0.25, -0.2) is 0 Å². The van der Waals surface area contributed by atoms with Crippen LogP contribution < -0.4 is 10.2 Å². The number of hydrogen-bond acceptors (Lipinski definition) is 4. The molecule has 524 valence electrons. The van der Waals surface area contributed by atoms with Crippen molar-refractivity contribution in [2.45, 2.75) is 0 Å². The number of nitrogens with zero attached hydrogens (tertiary/aromatic N) is 3. The molecule has 0 atom stereocenters. The maximum Gasteiger partial charge on any atom is 0.0619 e. The molecule has 0 aliphatic rings. The Morgan fingerprint density at radius 1 is 0.261 bits per heavy atom. The van der Waals surface area contributed by atoms with E-state index in [2.05, 4.69) is 420 Å². The molecule has 0 fully saturated rings. The summed E-state index contributed by atoms with van der Waals surface area (Å²) in [6.45, 7) is 0. The predicted molar refractivity (Wildman–Crippen MR) is 480 cm³/mol. The van der Waals surface area contributed by atoms with Gasteiger partial charge in [0, 0.05) is 112 Å². The molecule has 0 radical (unpaired) electrons.